The Morgan fingerprint density at radius 1 is 0.793 bits per heavy atom. The maximum absolute atomic E-state index is 13.9. The van der Waals surface area contributed by atoms with Crippen LogP contribution in [0.5, 0.6) is 0 Å². The van der Waals surface area contributed by atoms with Gasteiger partial charge in [0.05, 0.1) is 21.0 Å². The number of rotatable bonds is 6. The van der Waals surface area contributed by atoms with Crippen LogP contribution in [-0.2, 0) is 15.9 Å². The molecule has 0 fully saturated rings. The van der Waals surface area contributed by atoms with Gasteiger partial charge in [0.2, 0.25) is 11.6 Å². The number of halogens is 4. The first kappa shape index (κ1) is 23.3. The van der Waals surface area contributed by atoms with Crippen molar-refractivity contribution >= 4 is 43.2 Å². The molecule has 0 saturated heterocycles. The second-order valence-electron chi connectivity index (χ2n) is 7.20. The molecule has 2 aromatic carbocycles. The van der Waals surface area contributed by atoms with Gasteiger partial charge in [0.15, 0.2) is 0 Å². The molecule has 0 aliphatic carbocycles. The molecule has 0 aromatic heterocycles. The highest BCUT2D eigenvalue weighted by Crippen LogP contribution is 2.43. The van der Waals surface area contributed by atoms with Crippen molar-refractivity contribution in [3.63, 3.8) is 0 Å². The van der Waals surface area contributed by atoms with E-state index in [0.717, 1.165) is 24.3 Å². The van der Waals surface area contributed by atoms with Crippen LogP contribution in [0, 0.1) is 31.9 Å². The van der Waals surface area contributed by atoms with Gasteiger partial charge in [-0.15, -0.1) is 0 Å². The first-order valence-corrected chi connectivity index (χ1v) is 9.74. The Balaban J connectivity index is 2.54. The molecule has 0 unspecified atom stereocenters. The summed E-state index contributed by atoms with van der Waals surface area (Å²) in [6, 6.07) is 4.09. The lowest BCUT2D eigenvalue weighted by atomic mass is 9.92. The highest BCUT2D eigenvalue weighted by molar-refractivity contribution is 9.10. The number of benzene rings is 2. The average molecular weight is 538 g/mol. The predicted molar refractivity (Wildman–Crippen MR) is 109 cm³/mol. The highest BCUT2D eigenvalue weighted by atomic mass is 79.9. The fourth-order valence-corrected chi connectivity index (χ4v) is 4.61. The summed E-state index contributed by atoms with van der Waals surface area (Å²) in [7, 11) is 0. The molecule has 0 atom stereocenters. The zero-order valence-electron chi connectivity index (χ0n) is 15.8. The zero-order valence-corrected chi connectivity index (χ0v) is 18.9. The average Bonchev–Trinajstić information content (AvgIpc) is 2.52. The molecule has 0 heterocycles. The van der Waals surface area contributed by atoms with E-state index >= 15 is 0 Å². The molecule has 2 rings (SSSR count). The minimum atomic E-state index is -1.19. The summed E-state index contributed by atoms with van der Waals surface area (Å²) >= 11 is 6.39. The normalized spacial score (nSPS) is 12.1. The lowest BCUT2D eigenvalue weighted by Gasteiger charge is -2.37. The van der Waals surface area contributed by atoms with Gasteiger partial charge >= 0.3 is 11.4 Å². The van der Waals surface area contributed by atoms with Crippen LogP contribution in [0.25, 0.3) is 0 Å². The van der Waals surface area contributed by atoms with Crippen LogP contribution in [-0.4, -0.2) is 9.85 Å². The van der Waals surface area contributed by atoms with Gasteiger partial charge in [0, 0.05) is 32.2 Å². The standard InChI is InChI=1S/C18H16Br2F2N2O5/c1-17(2,9-5-15(23(25)26)13(21)7-11(9)19)29-18(3,4)10-6-16(24(27)28)14(22)8-12(10)20/h5-8H,1-4H3. The smallest absolute Gasteiger partial charge is 0.305 e. The van der Waals surface area contributed by atoms with Crippen molar-refractivity contribution in [3.05, 3.63) is 76.2 Å². The monoisotopic (exact) mass is 536 g/mol. The van der Waals surface area contributed by atoms with Gasteiger partial charge in [-0.3, -0.25) is 20.2 Å². The lowest BCUT2D eigenvalue weighted by molar-refractivity contribution is -0.387. The van der Waals surface area contributed by atoms with E-state index < -0.39 is 44.1 Å². The van der Waals surface area contributed by atoms with Crippen LogP contribution in [0.4, 0.5) is 20.2 Å². The zero-order chi connectivity index (χ0) is 22.3. The quantitative estimate of drug-likeness (QED) is 0.310. The van der Waals surface area contributed by atoms with E-state index in [2.05, 4.69) is 31.9 Å². The van der Waals surface area contributed by atoms with E-state index in [1.54, 1.807) is 27.7 Å². The van der Waals surface area contributed by atoms with Crippen molar-refractivity contribution in [2.45, 2.75) is 38.9 Å². The van der Waals surface area contributed by atoms with Crippen LogP contribution in [0.1, 0.15) is 38.8 Å². The molecule has 0 spiro atoms. The molecule has 29 heavy (non-hydrogen) atoms. The number of ether oxygens (including phenoxy) is 1. The first-order chi connectivity index (χ1) is 13.2. The molecular formula is C18H16Br2F2N2O5. The van der Waals surface area contributed by atoms with Gasteiger partial charge in [-0.2, -0.15) is 8.78 Å². The molecule has 0 saturated carbocycles. The minimum absolute atomic E-state index is 0.255. The molecule has 2 aromatic rings. The summed E-state index contributed by atoms with van der Waals surface area (Å²) in [5.74, 6) is -2.00. The Morgan fingerprint density at radius 2 is 1.10 bits per heavy atom. The van der Waals surface area contributed by atoms with E-state index in [4.69, 9.17) is 4.74 Å². The summed E-state index contributed by atoms with van der Waals surface area (Å²) in [5, 5.41) is 22.2. The SMILES string of the molecule is CC(C)(OC(C)(C)c1cc([N+](=O)[O-])c(F)cc1Br)c1cc([N+](=O)[O-])c(F)cc1Br. The van der Waals surface area contributed by atoms with Crippen molar-refractivity contribution < 1.29 is 23.4 Å². The second-order valence-corrected chi connectivity index (χ2v) is 8.91. The molecule has 7 nitrogen and oxygen atoms in total. The fourth-order valence-electron chi connectivity index (χ4n) is 3.03. The Hall–Kier alpha value is -1.98. The predicted octanol–water partition coefficient (Wildman–Crippen LogP) is 6.49. The molecule has 0 radical (unpaired) electrons. The summed E-state index contributed by atoms with van der Waals surface area (Å²) in [5.41, 5.74) is -3.21. The van der Waals surface area contributed by atoms with Gasteiger partial charge in [-0.05, 0) is 39.8 Å². The number of nitrogens with zero attached hydrogens (tertiary/aromatic N) is 2. The van der Waals surface area contributed by atoms with Gasteiger partial charge in [0.1, 0.15) is 0 Å². The summed E-state index contributed by atoms with van der Waals surface area (Å²) in [6.45, 7) is 6.45. The Bertz CT molecular complexity index is 933. The third-order valence-electron chi connectivity index (χ3n) is 4.27. The topological polar surface area (TPSA) is 95.5 Å². The first-order valence-electron chi connectivity index (χ1n) is 8.15. The van der Waals surface area contributed by atoms with Crippen molar-refractivity contribution in [3.8, 4) is 0 Å². The molecule has 0 bridgehead atoms. The summed E-state index contributed by atoms with van der Waals surface area (Å²) < 4.78 is 34.4. The largest absolute Gasteiger partial charge is 0.360 e. The van der Waals surface area contributed by atoms with E-state index in [9.17, 15) is 29.0 Å². The third kappa shape index (κ3) is 4.78. The van der Waals surface area contributed by atoms with Crippen LogP contribution < -0.4 is 0 Å². The Morgan fingerprint density at radius 3 is 1.38 bits per heavy atom. The molecule has 0 aliphatic heterocycles. The number of hydrogen-bond donors (Lipinski definition) is 0. The van der Waals surface area contributed by atoms with Gasteiger partial charge < -0.3 is 4.74 Å². The van der Waals surface area contributed by atoms with Crippen LogP contribution in [0.2, 0.25) is 0 Å². The molecule has 11 heteroatoms. The van der Waals surface area contributed by atoms with Gasteiger partial charge in [0.25, 0.3) is 0 Å². The fraction of sp³-hybridized carbons (Fsp3) is 0.333. The van der Waals surface area contributed by atoms with E-state index in [-0.39, 0.29) is 8.95 Å². The number of nitro groups is 2. The van der Waals surface area contributed by atoms with Gasteiger partial charge in [-0.1, -0.05) is 31.9 Å². The molecule has 0 aliphatic rings. The van der Waals surface area contributed by atoms with Crippen molar-refractivity contribution in [1.82, 2.24) is 0 Å². The van der Waals surface area contributed by atoms with E-state index in [1.807, 2.05) is 0 Å². The van der Waals surface area contributed by atoms with Crippen molar-refractivity contribution in [1.29, 1.82) is 0 Å². The van der Waals surface area contributed by atoms with Crippen molar-refractivity contribution in [2.75, 3.05) is 0 Å². The van der Waals surface area contributed by atoms with Gasteiger partial charge in [-0.25, -0.2) is 0 Å². The highest BCUT2D eigenvalue weighted by Gasteiger charge is 2.37. The van der Waals surface area contributed by atoms with Crippen LogP contribution in [0.3, 0.4) is 0 Å². The maximum Gasteiger partial charge on any atom is 0.305 e. The molecule has 0 amide bonds. The molecule has 0 N–H and O–H groups in total. The van der Waals surface area contributed by atoms with E-state index in [1.165, 1.54) is 0 Å². The molecular weight excluding hydrogens is 522 g/mol. The van der Waals surface area contributed by atoms with Crippen LogP contribution in [0.15, 0.2) is 33.2 Å². The summed E-state index contributed by atoms with van der Waals surface area (Å²) in [4.78, 5) is 20.5. The van der Waals surface area contributed by atoms with Crippen LogP contribution >= 0.6 is 31.9 Å². The van der Waals surface area contributed by atoms with E-state index in [0.29, 0.717) is 11.1 Å². The second kappa shape index (κ2) is 8.04. The Kier molecular flexibility index (Phi) is 6.46. The number of hydrogen-bond acceptors (Lipinski definition) is 5. The maximum atomic E-state index is 13.9. The minimum Gasteiger partial charge on any atom is -0.360 e. The third-order valence-corrected chi connectivity index (χ3v) is 5.59. The van der Waals surface area contributed by atoms with Crippen molar-refractivity contribution in [2.24, 2.45) is 0 Å². The number of nitro benzene ring substituents is 2. The lowest BCUT2D eigenvalue weighted by Crippen LogP contribution is -2.34. The Labute approximate surface area is 181 Å². The summed E-state index contributed by atoms with van der Waals surface area (Å²) in [6.07, 6.45) is 0. The molecule has 156 valence electrons.